The summed E-state index contributed by atoms with van der Waals surface area (Å²) in [6.07, 6.45) is 9.68. The average Bonchev–Trinajstić information content (AvgIpc) is 3.20. The van der Waals surface area contributed by atoms with E-state index < -0.39 is 92.7 Å². The highest BCUT2D eigenvalue weighted by atomic mass is 16.7. The van der Waals surface area contributed by atoms with Gasteiger partial charge in [0.15, 0.2) is 18.7 Å². The van der Waals surface area contributed by atoms with Crippen molar-refractivity contribution in [3.05, 3.63) is 24.3 Å². The normalized spacial score (nSPS) is 28.6. The Morgan fingerprint density at radius 3 is 1.68 bits per heavy atom. The third-order valence-electron chi connectivity index (χ3n) is 10.2. The van der Waals surface area contributed by atoms with Crippen molar-refractivity contribution in [2.45, 2.75) is 203 Å². The number of ether oxygens (including phenoxy) is 6. The van der Waals surface area contributed by atoms with Gasteiger partial charge in [-0.1, -0.05) is 109 Å². The summed E-state index contributed by atoms with van der Waals surface area (Å²) in [5, 5.41) is 71.6. The molecule has 0 bridgehead atoms. The second kappa shape index (κ2) is 30.9. The van der Waals surface area contributed by atoms with Crippen molar-refractivity contribution in [3.8, 4) is 0 Å². The minimum absolute atomic E-state index is 0.150. The Morgan fingerprint density at radius 2 is 1.07 bits per heavy atom. The molecule has 0 aromatic heterocycles. The molecule has 0 radical (unpaired) electrons. The van der Waals surface area contributed by atoms with Gasteiger partial charge in [0, 0.05) is 12.8 Å². The van der Waals surface area contributed by atoms with Gasteiger partial charge in [-0.2, -0.15) is 0 Å². The molecule has 4 unspecified atom stereocenters. The van der Waals surface area contributed by atoms with Crippen LogP contribution in [0.1, 0.15) is 136 Å². The molecule has 2 heterocycles. The van der Waals surface area contributed by atoms with Gasteiger partial charge < -0.3 is 64.2 Å². The minimum Gasteiger partial charge on any atom is -0.462 e. The van der Waals surface area contributed by atoms with E-state index in [1.54, 1.807) is 0 Å². The Morgan fingerprint density at radius 1 is 0.561 bits per heavy atom. The lowest BCUT2D eigenvalue weighted by atomic mass is 9.98. The smallest absolute Gasteiger partial charge is 0.306 e. The van der Waals surface area contributed by atoms with Gasteiger partial charge in [0.05, 0.1) is 19.8 Å². The molecule has 332 valence electrons. The zero-order valence-corrected chi connectivity index (χ0v) is 34.3. The first kappa shape index (κ1) is 51.1. The molecule has 2 aliphatic rings. The maximum Gasteiger partial charge on any atom is 0.306 e. The van der Waals surface area contributed by atoms with Crippen molar-refractivity contribution in [2.24, 2.45) is 0 Å². The monoisotopic (exact) mass is 819 g/mol. The van der Waals surface area contributed by atoms with E-state index in [2.05, 4.69) is 38.2 Å². The molecule has 57 heavy (non-hydrogen) atoms. The fourth-order valence-corrected chi connectivity index (χ4v) is 6.52. The quantitative estimate of drug-likeness (QED) is 0.0301. The fraction of sp³-hybridized carbons (Fsp3) is 0.857. The first-order valence-corrected chi connectivity index (χ1v) is 21.4. The van der Waals surface area contributed by atoms with Crippen LogP contribution in [0.5, 0.6) is 0 Å². The van der Waals surface area contributed by atoms with E-state index in [9.17, 15) is 45.3 Å². The summed E-state index contributed by atoms with van der Waals surface area (Å²) in [4.78, 5) is 25.4. The number of aliphatic hydroxyl groups excluding tert-OH is 7. The highest BCUT2D eigenvalue weighted by molar-refractivity contribution is 5.70. The van der Waals surface area contributed by atoms with Crippen LogP contribution < -0.4 is 0 Å². The summed E-state index contributed by atoms with van der Waals surface area (Å²) >= 11 is 0. The van der Waals surface area contributed by atoms with E-state index in [-0.39, 0.29) is 26.1 Å². The first-order chi connectivity index (χ1) is 27.5. The van der Waals surface area contributed by atoms with E-state index in [1.165, 1.54) is 25.7 Å². The van der Waals surface area contributed by atoms with Crippen LogP contribution in [0.3, 0.4) is 0 Å². The van der Waals surface area contributed by atoms with Crippen LogP contribution in [0.25, 0.3) is 0 Å². The Hall–Kier alpha value is -2.02. The average molecular weight is 819 g/mol. The number of aliphatic hydroxyl groups is 7. The largest absolute Gasteiger partial charge is 0.462 e. The van der Waals surface area contributed by atoms with E-state index in [1.807, 2.05) is 0 Å². The summed E-state index contributed by atoms with van der Waals surface area (Å²) in [6.45, 7) is 2.45. The lowest BCUT2D eigenvalue weighted by molar-refractivity contribution is -0.332. The Balaban J connectivity index is 1.87. The molecular formula is C42H74O15. The number of carbonyl (C=O) groups is 2. The van der Waals surface area contributed by atoms with Crippen molar-refractivity contribution < 1.29 is 73.8 Å². The number of allylic oxidation sites excluding steroid dienone is 4. The van der Waals surface area contributed by atoms with Crippen LogP contribution in [0.4, 0.5) is 0 Å². The van der Waals surface area contributed by atoms with Crippen LogP contribution >= 0.6 is 0 Å². The van der Waals surface area contributed by atoms with E-state index in [0.717, 1.165) is 70.6 Å². The molecule has 0 saturated carbocycles. The second-order valence-electron chi connectivity index (χ2n) is 15.2. The van der Waals surface area contributed by atoms with Crippen LogP contribution in [0, 0.1) is 0 Å². The van der Waals surface area contributed by atoms with Crippen LogP contribution in [0.15, 0.2) is 24.3 Å². The Kier molecular flexibility index (Phi) is 27.7. The predicted octanol–water partition coefficient (Wildman–Crippen LogP) is 3.65. The maximum absolute atomic E-state index is 12.9. The first-order valence-electron chi connectivity index (χ1n) is 21.4. The zero-order chi connectivity index (χ0) is 41.8. The fourth-order valence-electron chi connectivity index (χ4n) is 6.52. The van der Waals surface area contributed by atoms with Crippen LogP contribution in [-0.4, -0.2) is 142 Å². The van der Waals surface area contributed by atoms with Crippen molar-refractivity contribution >= 4 is 11.9 Å². The third kappa shape index (κ3) is 20.7. The van der Waals surface area contributed by atoms with Gasteiger partial charge >= 0.3 is 11.9 Å². The number of hydrogen-bond acceptors (Lipinski definition) is 15. The van der Waals surface area contributed by atoms with Crippen molar-refractivity contribution in [2.75, 3.05) is 26.4 Å². The lowest BCUT2D eigenvalue weighted by Gasteiger charge is -2.42. The topological polar surface area (TPSA) is 231 Å². The highest BCUT2D eigenvalue weighted by Crippen LogP contribution is 2.26. The zero-order valence-electron chi connectivity index (χ0n) is 34.3. The van der Waals surface area contributed by atoms with Crippen molar-refractivity contribution in [1.82, 2.24) is 0 Å². The van der Waals surface area contributed by atoms with Crippen molar-refractivity contribution in [3.63, 3.8) is 0 Å². The molecular weight excluding hydrogens is 744 g/mol. The summed E-state index contributed by atoms with van der Waals surface area (Å²) < 4.78 is 33.3. The molecule has 2 rings (SSSR count). The van der Waals surface area contributed by atoms with Crippen molar-refractivity contribution in [1.29, 1.82) is 0 Å². The molecule has 0 aromatic carbocycles. The third-order valence-corrected chi connectivity index (χ3v) is 10.2. The molecule has 0 amide bonds. The summed E-state index contributed by atoms with van der Waals surface area (Å²) in [7, 11) is 0. The number of carbonyl (C=O) groups excluding carboxylic acids is 2. The van der Waals surface area contributed by atoms with Crippen LogP contribution in [-0.2, 0) is 38.0 Å². The van der Waals surface area contributed by atoms with E-state index in [4.69, 9.17) is 28.4 Å². The SMILES string of the molecule is CCCC/C=C/C/C=C/CCCCCCCC(=O)O[C@H](COC(=O)CCCCCCCCC)CO[C@@H]1O[C@H](CO[C@@H]2O[C@H](CO)[C@H](O)C(O)C2O)[C@H](O)C(O)C1O. The molecule has 7 N–H and O–H groups in total. The molecule has 15 nitrogen and oxygen atoms in total. The molecule has 2 aliphatic heterocycles. The number of unbranched alkanes of at least 4 members (excludes halogenated alkanes) is 13. The van der Waals surface area contributed by atoms with Crippen LogP contribution in [0.2, 0.25) is 0 Å². The Labute approximate surface area is 339 Å². The lowest BCUT2D eigenvalue weighted by Crippen LogP contribution is -2.61. The van der Waals surface area contributed by atoms with Gasteiger partial charge in [0.25, 0.3) is 0 Å². The standard InChI is InChI=1S/C42H74O15/c1-3-5-7-9-11-12-13-14-15-16-17-19-21-23-25-34(45)55-30(27-52-33(44)24-22-20-18-10-8-6-4-2)28-53-41-40(51)38(49)36(47)32(57-41)29-54-42-39(50)37(48)35(46)31(26-43)56-42/h9,11,13-14,30-32,35-43,46-51H,3-8,10,12,15-29H2,1-2H3/b11-9+,14-13+/t30-,31-,32-,35+,36+,37?,38?,39?,40?,41-,42-/m1/s1. The van der Waals surface area contributed by atoms with Gasteiger partial charge in [0.1, 0.15) is 55.4 Å². The summed E-state index contributed by atoms with van der Waals surface area (Å²) in [5.41, 5.74) is 0. The van der Waals surface area contributed by atoms with Gasteiger partial charge in [-0.15, -0.1) is 0 Å². The number of hydrogen-bond donors (Lipinski definition) is 7. The molecule has 0 aliphatic carbocycles. The molecule has 0 aromatic rings. The van der Waals surface area contributed by atoms with Gasteiger partial charge in [-0.05, 0) is 38.5 Å². The number of rotatable bonds is 31. The summed E-state index contributed by atoms with van der Waals surface area (Å²) in [5.74, 6) is -0.950. The molecule has 15 heteroatoms. The summed E-state index contributed by atoms with van der Waals surface area (Å²) in [6, 6.07) is 0. The van der Waals surface area contributed by atoms with Gasteiger partial charge in [-0.25, -0.2) is 0 Å². The van der Waals surface area contributed by atoms with E-state index in [0.29, 0.717) is 12.8 Å². The molecule has 2 fully saturated rings. The minimum atomic E-state index is -1.76. The van der Waals surface area contributed by atoms with E-state index >= 15 is 0 Å². The Bertz CT molecular complexity index is 1100. The predicted molar refractivity (Wildman–Crippen MR) is 211 cm³/mol. The number of esters is 2. The van der Waals surface area contributed by atoms with Gasteiger partial charge in [-0.3, -0.25) is 9.59 Å². The molecule has 11 atom stereocenters. The molecule has 0 spiro atoms. The molecule has 2 saturated heterocycles. The second-order valence-corrected chi connectivity index (χ2v) is 15.2. The maximum atomic E-state index is 12.9. The van der Waals surface area contributed by atoms with Gasteiger partial charge in [0.2, 0.25) is 0 Å². The highest BCUT2D eigenvalue weighted by Gasteiger charge is 2.47.